The van der Waals surface area contributed by atoms with Crippen molar-refractivity contribution < 1.29 is 9.53 Å². The van der Waals surface area contributed by atoms with Gasteiger partial charge in [-0.1, -0.05) is 59.3 Å². The molecule has 168 valence electrons. The number of ether oxygens (including phenoxy) is 1. The molecule has 0 spiro atoms. The molecule has 8 heteroatoms. The minimum absolute atomic E-state index is 0.134. The Bertz CT molecular complexity index is 1240. The lowest BCUT2D eigenvalue weighted by Gasteiger charge is -2.12. The van der Waals surface area contributed by atoms with Crippen molar-refractivity contribution in [3.05, 3.63) is 94.8 Å². The molecule has 0 atom stereocenters. The van der Waals surface area contributed by atoms with Crippen molar-refractivity contribution in [2.45, 2.75) is 25.6 Å². The van der Waals surface area contributed by atoms with E-state index >= 15 is 0 Å². The normalized spacial score (nSPS) is 10.8. The zero-order valence-electron chi connectivity index (χ0n) is 18.3. The highest BCUT2D eigenvalue weighted by molar-refractivity contribution is 7.99. The number of hydrogen-bond donors (Lipinski definition) is 1. The summed E-state index contributed by atoms with van der Waals surface area (Å²) >= 11 is 7.32. The molecule has 0 saturated heterocycles. The van der Waals surface area contributed by atoms with Gasteiger partial charge >= 0.3 is 0 Å². The maximum atomic E-state index is 12.6. The number of carbonyl (C=O) groups is 1. The fourth-order valence-corrected chi connectivity index (χ4v) is 4.19. The molecule has 1 amide bonds. The van der Waals surface area contributed by atoms with Gasteiger partial charge in [0.1, 0.15) is 12.4 Å². The molecule has 1 aromatic heterocycles. The Morgan fingerprint density at radius 1 is 1.03 bits per heavy atom. The second-order valence-electron chi connectivity index (χ2n) is 7.47. The summed E-state index contributed by atoms with van der Waals surface area (Å²) < 4.78 is 7.84. The molecule has 1 N–H and O–H groups in total. The van der Waals surface area contributed by atoms with Crippen LogP contribution in [0.4, 0.5) is 5.69 Å². The van der Waals surface area contributed by atoms with Crippen LogP contribution < -0.4 is 10.1 Å². The van der Waals surface area contributed by atoms with Crippen molar-refractivity contribution in [3.8, 4) is 11.4 Å². The molecular formula is C25H23ClN4O2S. The van der Waals surface area contributed by atoms with Crippen LogP contribution in [0.1, 0.15) is 17.0 Å². The minimum Gasteiger partial charge on any atom is -0.486 e. The first kappa shape index (κ1) is 22.9. The maximum absolute atomic E-state index is 12.6. The van der Waals surface area contributed by atoms with Gasteiger partial charge < -0.3 is 10.1 Å². The Kier molecular flexibility index (Phi) is 7.32. The van der Waals surface area contributed by atoms with E-state index in [4.69, 9.17) is 16.3 Å². The fourth-order valence-electron chi connectivity index (χ4n) is 3.19. The molecule has 0 aliphatic heterocycles. The van der Waals surface area contributed by atoms with Crippen molar-refractivity contribution in [2.24, 2.45) is 0 Å². The van der Waals surface area contributed by atoms with Gasteiger partial charge in [0.25, 0.3) is 0 Å². The number of nitrogens with zero attached hydrogens (tertiary/aromatic N) is 3. The largest absolute Gasteiger partial charge is 0.486 e. The third kappa shape index (κ3) is 5.94. The number of aromatic nitrogens is 3. The van der Waals surface area contributed by atoms with E-state index in [0.29, 0.717) is 16.0 Å². The van der Waals surface area contributed by atoms with Gasteiger partial charge in [-0.05, 0) is 61.9 Å². The van der Waals surface area contributed by atoms with Crippen molar-refractivity contribution >= 4 is 35.0 Å². The number of halogens is 1. The van der Waals surface area contributed by atoms with E-state index in [1.165, 1.54) is 17.3 Å². The van der Waals surface area contributed by atoms with E-state index in [0.717, 1.165) is 22.7 Å². The number of anilines is 1. The third-order valence-corrected chi connectivity index (χ3v) is 6.06. The Hall–Kier alpha value is -3.29. The first-order valence-electron chi connectivity index (χ1n) is 10.4. The zero-order chi connectivity index (χ0) is 23.2. The Labute approximate surface area is 202 Å². The van der Waals surface area contributed by atoms with Gasteiger partial charge in [0, 0.05) is 16.4 Å². The number of para-hydroxylation sites is 1. The molecule has 0 unspecified atom stereocenters. The molecule has 0 saturated carbocycles. The molecule has 0 fully saturated rings. The predicted octanol–water partition coefficient (Wildman–Crippen LogP) is 5.85. The number of aryl methyl sites for hydroxylation is 2. The van der Waals surface area contributed by atoms with Gasteiger partial charge in [0.05, 0.1) is 5.75 Å². The molecule has 4 aromatic rings. The summed E-state index contributed by atoms with van der Waals surface area (Å²) in [6.45, 7) is 4.19. The van der Waals surface area contributed by atoms with Gasteiger partial charge in [-0.15, -0.1) is 10.2 Å². The molecule has 1 heterocycles. The Morgan fingerprint density at radius 3 is 2.52 bits per heavy atom. The van der Waals surface area contributed by atoms with E-state index in [1.54, 1.807) is 12.1 Å². The smallest absolute Gasteiger partial charge is 0.234 e. The standard InChI is InChI=1S/C25H23ClN4O2S/c1-17-8-11-21(12-9-17)32-15-23-28-29-25(30(23)20-6-4-3-5-7-20)33-16-24(31)27-22-13-10-19(26)14-18(22)2/h3-14H,15-16H2,1-2H3,(H,27,31). The van der Waals surface area contributed by atoms with Crippen LogP contribution in [0.15, 0.2) is 78.0 Å². The van der Waals surface area contributed by atoms with Crippen molar-refractivity contribution in [1.82, 2.24) is 14.8 Å². The monoisotopic (exact) mass is 478 g/mol. The van der Waals surface area contributed by atoms with Crippen LogP contribution in [0, 0.1) is 13.8 Å². The number of nitrogens with one attached hydrogen (secondary N) is 1. The molecule has 0 bridgehead atoms. The first-order chi connectivity index (χ1) is 16.0. The highest BCUT2D eigenvalue weighted by atomic mass is 35.5. The first-order valence-corrected chi connectivity index (χ1v) is 11.7. The Morgan fingerprint density at radius 2 is 1.79 bits per heavy atom. The van der Waals surface area contributed by atoms with Gasteiger partial charge in [0.15, 0.2) is 11.0 Å². The van der Waals surface area contributed by atoms with E-state index in [1.807, 2.05) is 79.1 Å². The molecule has 0 aliphatic carbocycles. The van der Waals surface area contributed by atoms with Crippen LogP contribution in [-0.2, 0) is 11.4 Å². The number of amides is 1. The van der Waals surface area contributed by atoms with Crippen LogP contribution in [0.3, 0.4) is 0 Å². The fraction of sp³-hybridized carbons (Fsp3) is 0.160. The van der Waals surface area contributed by atoms with Crippen LogP contribution in [0.25, 0.3) is 5.69 Å². The third-order valence-electron chi connectivity index (χ3n) is 4.90. The van der Waals surface area contributed by atoms with Crippen molar-refractivity contribution in [1.29, 1.82) is 0 Å². The van der Waals surface area contributed by atoms with Gasteiger partial charge in [-0.3, -0.25) is 9.36 Å². The summed E-state index contributed by atoms with van der Waals surface area (Å²) in [4.78, 5) is 12.6. The SMILES string of the molecule is Cc1ccc(OCc2nnc(SCC(=O)Nc3ccc(Cl)cc3C)n2-c2ccccc2)cc1. The van der Waals surface area contributed by atoms with E-state index in [2.05, 4.69) is 15.5 Å². The quantitative estimate of drug-likeness (QED) is 0.322. The van der Waals surface area contributed by atoms with Crippen molar-refractivity contribution in [3.63, 3.8) is 0 Å². The minimum atomic E-state index is -0.134. The molecule has 0 radical (unpaired) electrons. The van der Waals surface area contributed by atoms with Crippen LogP contribution in [0.2, 0.25) is 5.02 Å². The predicted molar refractivity (Wildman–Crippen MR) is 132 cm³/mol. The maximum Gasteiger partial charge on any atom is 0.234 e. The lowest BCUT2D eigenvalue weighted by Crippen LogP contribution is -2.15. The molecule has 0 aliphatic rings. The number of carbonyl (C=O) groups excluding carboxylic acids is 1. The molecule has 3 aromatic carbocycles. The summed E-state index contributed by atoms with van der Waals surface area (Å²) in [7, 11) is 0. The highest BCUT2D eigenvalue weighted by Crippen LogP contribution is 2.24. The number of hydrogen-bond acceptors (Lipinski definition) is 5. The highest BCUT2D eigenvalue weighted by Gasteiger charge is 2.17. The van der Waals surface area contributed by atoms with E-state index in [-0.39, 0.29) is 18.3 Å². The average Bonchev–Trinajstić information content (AvgIpc) is 3.22. The van der Waals surface area contributed by atoms with E-state index < -0.39 is 0 Å². The number of thioether (sulfide) groups is 1. The number of rotatable bonds is 8. The summed E-state index contributed by atoms with van der Waals surface area (Å²) in [5.41, 5.74) is 3.72. The molecule has 33 heavy (non-hydrogen) atoms. The summed E-state index contributed by atoms with van der Waals surface area (Å²) in [5, 5.41) is 12.8. The lowest BCUT2D eigenvalue weighted by molar-refractivity contribution is -0.113. The topological polar surface area (TPSA) is 69.0 Å². The van der Waals surface area contributed by atoms with E-state index in [9.17, 15) is 4.79 Å². The van der Waals surface area contributed by atoms with Crippen LogP contribution in [-0.4, -0.2) is 26.4 Å². The molecule has 4 rings (SSSR count). The van der Waals surface area contributed by atoms with Gasteiger partial charge in [0.2, 0.25) is 5.91 Å². The molecule has 6 nitrogen and oxygen atoms in total. The van der Waals surface area contributed by atoms with Crippen molar-refractivity contribution in [2.75, 3.05) is 11.1 Å². The summed E-state index contributed by atoms with van der Waals surface area (Å²) in [5.74, 6) is 1.46. The number of benzene rings is 3. The zero-order valence-corrected chi connectivity index (χ0v) is 19.9. The molecular weight excluding hydrogens is 456 g/mol. The second kappa shape index (κ2) is 10.6. The Balaban J connectivity index is 1.49. The second-order valence-corrected chi connectivity index (χ2v) is 8.85. The summed E-state index contributed by atoms with van der Waals surface area (Å²) in [6.07, 6.45) is 0. The summed E-state index contributed by atoms with van der Waals surface area (Å²) in [6, 6.07) is 23.0. The lowest BCUT2D eigenvalue weighted by atomic mass is 10.2. The van der Waals surface area contributed by atoms with Crippen LogP contribution in [0.5, 0.6) is 5.75 Å². The average molecular weight is 479 g/mol. The van der Waals surface area contributed by atoms with Crippen LogP contribution >= 0.6 is 23.4 Å². The van der Waals surface area contributed by atoms with Gasteiger partial charge in [-0.2, -0.15) is 0 Å². The van der Waals surface area contributed by atoms with Gasteiger partial charge in [-0.25, -0.2) is 0 Å².